The van der Waals surface area contributed by atoms with Crippen molar-refractivity contribution in [2.75, 3.05) is 18.6 Å². The van der Waals surface area contributed by atoms with Crippen LogP contribution in [0.3, 0.4) is 0 Å². The SMILES string of the molecule is CN(C(=O)CCc1c[nH]c2ccccc12)[C@H]1CCS(=O)(=O)C1. The first kappa shape index (κ1) is 15.1. The van der Waals surface area contributed by atoms with Crippen LogP contribution in [0.1, 0.15) is 18.4 Å². The lowest BCUT2D eigenvalue weighted by Crippen LogP contribution is -2.37. The van der Waals surface area contributed by atoms with Crippen molar-refractivity contribution in [1.82, 2.24) is 9.88 Å². The van der Waals surface area contributed by atoms with E-state index in [0.717, 1.165) is 16.5 Å². The van der Waals surface area contributed by atoms with E-state index in [9.17, 15) is 13.2 Å². The number of para-hydroxylation sites is 1. The zero-order valence-corrected chi connectivity index (χ0v) is 13.4. The largest absolute Gasteiger partial charge is 0.361 e. The summed E-state index contributed by atoms with van der Waals surface area (Å²) in [5, 5.41) is 1.14. The van der Waals surface area contributed by atoms with E-state index in [0.29, 0.717) is 19.3 Å². The highest BCUT2D eigenvalue weighted by Gasteiger charge is 2.32. The molecule has 1 aromatic carbocycles. The first-order chi connectivity index (χ1) is 10.5. The van der Waals surface area contributed by atoms with Gasteiger partial charge in [-0.1, -0.05) is 18.2 Å². The standard InChI is InChI=1S/C16H20N2O3S/c1-18(13-8-9-22(20,21)11-13)16(19)7-6-12-10-17-15-5-3-2-4-14(12)15/h2-5,10,13,17H,6-9,11H2,1H3/t13-/m0/s1. The first-order valence-corrected chi connectivity index (χ1v) is 9.29. The number of rotatable bonds is 4. The molecule has 1 fully saturated rings. The molecule has 1 N–H and O–H groups in total. The van der Waals surface area contributed by atoms with Crippen LogP contribution in [0.5, 0.6) is 0 Å². The molecule has 0 bridgehead atoms. The first-order valence-electron chi connectivity index (χ1n) is 7.47. The number of aryl methyl sites for hydroxylation is 1. The lowest BCUT2D eigenvalue weighted by molar-refractivity contribution is -0.131. The highest BCUT2D eigenvalue weighted by Crippen LogP contribution is 2.21. The molecule has 0 aliphatic carbocycles. The van der Waals surface area contributed by atoms with Gasteiger partial charge in [0, 0.05) is 36.6 Å². The maximum Gasteiger partial charge on any atom is 0.222 e. The molecular weight excluding hydrogens is 300 g/mol. The van der Waals surface area contributed by atoms with Crippen LogP contribution < -0.4 is 0 Å². The van der Waals surface area contributed by atoms with Crippen molar-refractivity contribution in [2.45, 2.75) is 25.3 Å². The van der Waals surface area contributed by atoms with Crippen LogP contribution in [0.2, 0.25) is 0 Å². The fourth-order valence-corrected chi connectivity index (χ4v) is 4.82. The molecule has 0 unspecified atom stereocenters. The number of amides is 1. The fourth-order valence-electron chi connectivity index (χ4n) is 3.04. The number of carbonyl (C=O) groups excluding carboxylic acids is 1. The topological polar surface area (TPSA) is 70.2 Å². The summed E-state index contributed by atoms with van der Waals surface area (Å²) >= 11 is 0. The summed E-state index contributed by atoms with van der Waals surface area (Å²) in [7, 11) is -1.25. The number of aromatic nitrogens is 1. The monoisotopic (exact) mass is 320 g/mol. The molecule has 1 aliphatic heterocycles. The second kappa shape index (κ2) is 5.76. The van der Waals surface area contributed by atoms with E-state index in [1.807, 2.05) is 30.5 Å². The van der Waals surface area contributed by atoms with E-state index in [1.165, 1.54) is 0 Å². The highest BCUT2D eigenvalue weighted by molar-refractivity contribution is 7.91. The average molecular weight is 320 g/mol. The van der Waals surface area contributed by atoms with Crippen LogP contribution in [0.25, 0.3) is 10.9 Å². The predicted octanol–water partition coefficient (Wildman–Crippen LogP) is 1.75. The summed E-state index contributed by atoms with van der Waals surface area (Å²) in [6.45, 7) is 0. The molecule has 1 amide bonds. The molecule has 1 aromatic heterocycles. The van der Waals surface area contributed by atoms with E-state index < -0.39 is 9.84 Å². The lowest BCUT2D eigenvalue weighted by Gasteiger charge is -2.23. The Bertz CT molecular complexity index is 795. The minimum atomic E-state index is -2.96. The summed E-state index contributed by atoms with van der Waals surface area (Å²) in [5.74, 6) is 0.299. The summed E-state index contributed by atoms with van der Waals surface area (Å²) in [6, 6.07) is 7.84. The Hall–Kier alpha value is -1.82. The highest BCUT2D eigenvalue weighted by atomic mass is 32.2. The Balaban J connectivity index is 1.63. The molecule has 0 saturated carbocycles. The maximum absolute atomic E-state index is 12.3. The number of hydrogen-bond acceptors (Lipinski definition) is 3. The number of nitrogens with zero attached hydrogens (tertiary/aromatic N) is 1. The fraction of sp³-hybridized carbons (Fsp3) is 0.438. The van der Waals surface area contributed by atoms with Crippen LogP contribution >= 0.6 is 0 Å². The third-order valence-electron chi connectivity index (χ3n) is 4.43. The van der Waals surface area contributed by atoms with Gasteiger partial charge in [0.2, 0.25) is 5.91 Å². The van der Waals surface area contributed by atoms with Crippen molar-refractivity contribution in [1.29, 1.82) is 0 Å². The molecule has 2 heterocycles. The van der Waals surface area contributed by atoms with Gasteiger partial charge in [0.15, 0.2) is 9.84 Å². The normalized spacial score (nSPS) is 20.3. The molecule has 1 saturated heterocycles. The van der Waals surface area contributed by atoms with E-state index in [-0.39, 0.29) is 23.5 Å². The van der Waals surface area contributed by atoms with Gasteiger partial charge in [-0.25, -0.2) is 8.42 Å². The molecule has 118 valence electrons. The molecule has 2 aromatic rings. The van der Waals surface area contributed by atoms with Gasteiger partial charge >= 0.3 is 0 Å². The van der Waals surface area contributed by atoms with Crippen LogP contribution in [0.15, 0.2) is 30.5 Å². The molecule has 0 radical (unpaired) electrons. The third-order valence-corrected chi connectivity index (χ3v) is 6.18. The van der Waals surface area contributed by atoms with E-state index in [2.05, 4.69) is 4.98 Å². The number of hydrogen-bond donors (Lipinski definition) is 1. The second-order valence-corrected chi connectivity index (χ2v) is 8.15. The summed E-state index contributed by atoms with van der Waals surface area (Å²) in [6.07, 6.45) is 3.55. The van der Waals surface area contributed by atoms with Crippen molar-refractivity contribution in [3.63, 3.8) is 0 Å². The number of carbonyl (C=O) groups is 1. The number of fused-ring (bicyclic) bond motifs is 1. The lowest BCUT2D eigenvalue weighted by atomic mass is 10.1. The van der Waals surface area contributed by atoms with E-state index in [1.54, 1.807) is 11.9 Å². The van der Waals surface area contributed by atoms with Crippen LogP contribution in [-0.4, -0.2) is 48.8 Å². The van der Waals surface area contributed by atoms with Gasteiger partial charge in [0.25, 0.3) is 0 Å². The van der Waals surface area contributed by atoms with Crippen molar-refractivity contribution in [2.24, 2.45) is 0 Å². The van der Waals surface area contributed by atoms with E-state index >= 15 is 0 Å². The zero-order valence-electron chi connectivity index (χ0n) is 12.6. The van der Waals surface area contributed by atoms with Crippen LogP contribution in [0.4, 0.5) is 0 Å². The molecule has 5 nitrogen and oxygen atoms in total. The smallest absolute Gasteiger partial charge is 0.222 e. The molecule has 3 rings (SSSR count). The Morgan fingerprint density at radius 3 is 2.86 bits per heavy atom. The zero-order chi connectivity index (χ0) is 15.7. The minimum absolute atomic E-state index is 0.00683. The van der Waals surface area contributed by atoms with Gasteiger partial charge in [-0.15, -0.1) is 0 Å². The Morgan fingerprint density at radius 1 is 1.36 bits per heavy atom. The molecule has 1 aliphatic rings. The Labute approximate surface area is 130 Å². The van der Waals surface area contributed by atoms with Crippen molar-refractivity contribution in [3.8, 4) is 0 Å². The van der Waals surface area contributed by atoms with Gasteiger partial charge in [0.1, 0.15) is 0 Å². The Kier molecular flexibility index (Phi) is 3.95. The van der Waals surface area contributed by atoms with Crippen molar-refractivity contribution in [3.05, 3.63) is 36.0 Å². The van der Waals surface area contributed by atoms with Gasteiger partial charge in [-0.3, -0.25) is 4.79 Å². The molecular formula is C16H20N2O3S. The number of H-pyrrole nitrogens is 1. The van der Waals surface area contributed by atoms with Gasteiger partial charge in [0.05, 0.1) is 11.5 Å². The number of aromatic amines is 1. The van der Waals surface area contributed by atoms with Gasteiger partial charge in [-0.2, -0.15) is 0 Å². The summed E-state index contributed by atoms with van der Waals surface area (Å²) in [5.41, 5.74) is 2.19. The van der Waals surface area contributed by atoms with Crippen molar-refractivity contribution >= 4 is 26.6 Å². The summed E-state index contributed by atoms with van der Waals surface area (Å²) in [4.78, 5) is 17.1. The second-order valence-electron chi connectivity index (χ2n) is 5.92. The Morgan fingerprint density at radius 2 is 2.14 bits per heavy atom. The van der Waals surface area contributed by atoms with Gasteiger partial charge in [-0.05, 0) is 24.5 Å². The molecule has 0 spiro atoms. The van der Waals surface area contributed by atoms with Crippen LogP contribution in [0, 0.1) is 0 Å². The third kappa shape index (κ3) is 3.02. The quantitative estimate of drug-likeness (QED) is 0.933. The van der Waals surface area contributed by atoms with E-state index in [4.69, 9.17) is 0 Å². The summed E-state index contributed by atoms with van der Waals surface area (Å²) < 4.78 is 23.0. The molecule has 6 heteroatoms. The number of nitrogens with one attached hydrogen (secondary N) is 1. The van der Waals surface area contributed by atoms with Crippen molar-refractivity contribution < 1.29 is 13.2 Å². The maximum atomic E-state index is 12.3. The molecule has 22 heavy (non-hydrogen) atoms. The average Bonchev–Trinajstić information content (AvgIpc) is 3.07. The van der Waals surface area contributed by atoms with Gasteiger partial charge < -0.3 is 9.88 Å². The molecule has 1 atom stereocenters. The minimum Gasteiger partial charge on any atom is -0.361 e. The predicted molar refractivity (Wildman–Crippen MR) is 86.4 cm³/mol. The number of benzene rings is 1. The van der Waals surface area contributed by atoms with Crippen LogP contribution in [-0.2, 0) is 21.1 Å². The number of sulfone groups is 1.